The number of amides is 2. The van der Waals surface area contributed by atoms with Crippen LogP contribution in [0.2, 0.25) is 0 Å². The van der Waals surface area contributed by atoms with Crippen molar-refractivity contribution in [2.24, 2.45) is 16.5 Å². The predicted octanol–water partition coefficient (Wildman–Crippen LogP) is 3.16. The number of carboxylic acid groups (broad SMARTS) is 1. The van der Waals surface area contributed by atoms with Gasteiger partial charge in [0.05, 0.1) is 0 Å². The second kappa shape index (κ2) is 15.3. The predicted molar refractivity (Wildman–Crippen MR) is 136 cm³/mol. The highest BCUT2D eigenvalue weighted by Crippen LogP contribution is 2.09. The van der Waals surface area contributed by atoms with E-state index in [0.29, 0.717) is 26.1 Å². The Balaban J connectivity index is 1.90. The number of hydrogen-bond donors (Lipinski definition) is 4. The van der Waals surface area contributed by atoms with Gasteiger partial charge in [-0.15, -0.1) is 0 Å². The number of nitrogens with zero attached hydrogens (tertiary/aromatic N) is 2. The van der Waals surface area contributed by atoms with Crippen molar-refractivity contribution in [1.82, 2.24) is 10.2 Å². The van der Waals surface area contributed by atoms with Crippen molar-refractivity contribution in [2.75, 3.05) is 19.6 Å². The molecule has 2 aromatic carbocycles. The van der Waals surface area contributed by atoms with Gasteiger partial charge in [0, 0.05) is 19.6 Å². The molecule has 0 aromatic heterocycles. The van der Waals surface area contributed by atoms with E-state index in [9.17, 15) is 14.7 Å². The first kappa shape index (κ1) is 26.7. The van der Waals surface area contributed by atoms with E-state index in [1.54, 1.807) is 4.90 Å². The van der Waals surface area contributed by atoms with Gasteiger partial charge < -0.3 is 26.8 Å². The number of nitrogens with two attached hydrogens (primary N) is 2. The van der Waals surface area contributed by atoms with Gasteiger partial charge in [0.15, 0.2) is 5.96 Å². The number of aryl methyl sites for hydroxylation is 2. The lowest BCUT2D eigenvalue weighted by molar-refractivity contribution is -0.139. The van der Waals surface area contributed by atoms with E-state index < -0.39 is 12.0 Å². The summed E-state index contributed by atoms with van der Waals surface area (Å²) in [5.74, 6) is -1.10. The zero-order chi connectivity index (χ0) is 24.6. The quantitative estimate of drug-likeness (QED) is 0.181. The summed E-state index contributed by atoms with van der Waals surface area (Å²) in [5.41, 5.74) is 13.1. The third-order valence-corrected chi connectivity index (χ3v) is 5.55. The van der Waals surface area contributed by atoms with Crippen molar-refractivity contribution >= 4 is 18.0 Å². The smallest absolute Gasteiger partial charge is 0.326 e. The number of hydrogen-bond acceptors (Lipinski definition) is 3. The molecular formula is C26H37N5O3. The van der Waals surface area contributed by atoms with Crippen molar-refractivity contribution in [1.29, 1.82) is 0 Å². The van der Waals surface area contributed by atoms with Crippen LogP contribution >= 0.6 is 0 Å². The van der Waals surface area contributed by atoms with Crippen LogP contribution in [0.25, 0.3) is 0 Å². The van der Waals surface area contributed by atoms with Crippen LogP contribution < -0.4 is 16.8 Å². The molecule has 184 valence electrons. The molecule has 8 nitrogen and oxygen atoms in total. The highest BCUT2D eigenvalue weighted by molar-refractivity contribution is 5.82. The molecule has 0 unspecified atom stereocenters. The van der Waals surface area contributed by atoms with E-state index in [2.05, 4.69) is 34.6 Å². The molecule has 34 heavy (non-hydrogen) atoms. The lowest BCUT2D eigenvalue weighted by Gasteiger charge is -2.25. The molecule has 2 aromatic rings. The minimum atomic E-state index is -1.06. The van der Waals surface area contributed by atoms with Gasteiger partial charge in [0.1, 0.15) is 6.04 Å². The SMILES string of the molecule is NC(N)=NCCC[C@H](NC(=O)N(CCCCc1ccccc1)CCCc1ccccc1)C(=O)O. The molecule has 0 fully saturated rings. The van der Waals surface area contributed by atoms with E-state index in [0.717, 1.165) is 32.1 Å². The van der Waals surface area contributed by atoms with Gasteiger partial charge in [-0.2, -0.15) is 0 Å². The lowest BCUT2D eigenvalue weighted by Crippen LogP contribution is -2.48. The van der Waals surface area contributed by atoms with Gasteiger partial charge in [-0.3, -0.25) is 4.99 Å². The Hall–Kier alpha value is -3.55. The van der Waals surface area contributed by atoms with Gasteiger partial charge in [0.25, 0.3) is 0 Å². The van der Waals surface area contributed by atoms with Gasteiger partial charge in [-0.25, -0.2) is 9.59 Å². The maximum absolute atomic E-state index is 13.0. The first-order valence-corrected chi connectivity index (χ1v) is 11.9. The number of aliphatic carboxylic acids is 1. The van der Waals surface area contributed by atoms with Gasteiger partial charge in [0.2, 0.25) is 0 Å². The van der Waals surface area contributed by atoms with E-state index >= 15 is 0 Å². The summed E-state index contributed by atoms with van der Waals surface area (Å²) < 4.78 is 0. The van der Waals surface area contributed by atoms with Crippen molar-refractivity contribution in [3.05, 3.63) is 71.8 Å². The Morgan fingerprint density at radius 1 is 0.853 bits per heavy atom. The summed E-state index contributed by atoms with van der Waals surface area (Å²) in [6.45, 7) is 1.46. The average molecular weight is 468 g/mol. The molecule has 0 aliphatic rings. The third kappa shape index (κ3) is 10.8. The number of benzene rings is 2. The third-order valence-electron chi connectivity index (χ3n) is 5.55. The molecule has 2 amide bonds. The number of carboxylic acids is 1. The molecule has 8 heteroatoms. The molecule has 0 heterocycles. The minimum Gasteiger partial charge on any atom is -0.480 e. The van der Waals surface area contributed by atoms with Crippen LogP contribution in [-0.4, -0.2) is 53.6 Å². The fourth-order valence-corrected chi connectivity index (χ4v) is 3.71. The Kier molecular flexibility index (Phi) is 12.0. The van der Waals surface area contributed by atoms with E-state index in [4.69, 9.17) is 11.5 Å². The second-order valence-corrected chi connectivity index (χ2v) is 8.31. The van der Waals surface area contributed by atoms with Gasteiger partial charge >= 0.3 is 12.0 Å². The maximum atomic E-state index is 13.0. The Labute approximate surface area is 202 Å². The summed E-state index contributed by atoms with van der Waals surface area (Å²) >= 11 is 0. The standard InChI is InChI=1S/C26H37N5O3/c27-25(28)29-18-9-17-23(24(32)33)30-26(34)31(20-10-16-22-13-5-2-6-14-22)19-8-7-15-21-11-3-1-4-12-21/h1-6,11-14,23H,7-10,15-20H2,(H,30,34)(H,32,33)(H4,27,28,29)/t23-/m0/s1. The molecule has 2 rings (SSSR count). The van der Waals surface area contributed by atoms with Gasteiger partial charge in [-0.1, -0.05) is 60.7 Å². The Morgan fingerprint density at radius 3 is 1.97 bits per heavy atom. The largest absolute Gasteiger partial charge is 0.480 e. The number of carbonyl (C=O) groups excluding carboxylic acids is 1. The molecule has 0 aliphatic heterocycles. The van der Waals surface area contributed by atoms with Crippen LogP contribution in [-0.2, 0) is 17.6 Å². The zero-order valence-electron chi connectivity index (χ0n) is 19.7. The highest BCUT2D eigenvalue weighted by Gasteiger charge is 2.22. The van der Waals surface area contributed by atoms with E-state index in [1.165, 1.54) is 11.1 Å². The molecule has 0 saturated carbocycles. The Morgan fingerprint density at radius 2 is 1.41 bits per heavy atom. The molecule has 0 spiro atoms. The van der Waals surface area contributed by atoms with Crippen LogP contribution in [0.1, 0.15) is 43.2 Å². The fourth-order valence-electron chi connectivity index (χ4n) is 3.71. The van der Waals surface area contributed by atoms with Crippen LogP contribution in [0.3, 0.4) is 0 Å². The summed E-state index contributed by atoms with van der Waals surface area (Å²) in [4.78, 5) is 30.3. The number of unbranched alkanes of at least 4 members (excludes halogenated alkanes) is 1. The molecular weight excluding hydrogens is 430 g/mol. The van der Waals surface area contributed by atoms with Crippen molar-refractivity contribution in [3.63, 3.8) is 0 Å². The molecule has 0 saturated heterocycles. The number of carbonyl (C=O) groups is 2. The fraction of sp³-hybridized carbons (Fsp3) is 0.423. The lowest BCUT2D eigenvalue weighted by atomic mass is 10.1. The summed E-state index contributed by atoms with van der Waals surface area (Å²) in [5, 5.41) is 12.2. The molecule has 0 bridgehead atoms. The molecule has 6 N–H and O–H groups in total. The van der Waals surface area contributed by atoms with Crippen LogP contribution in [0.15, 0.2) is 65.7 Å². The molecule has 0 aliphatic carbocycles. The van der Waals surface area contributed by atoms with Crippen LogP contribution in [0, 0.1) is 0 Å². The number of guanidine groups is 1. The monoisotopic (exact) mass is 467 g/mol. The Bertz CT molecular complexity index is 886. The number of rotatable bonds is 15. The average Bonchev–Trinajstić information content (AvgIpc) is 2.83. The van der Waals surface area contributed by atoms with E-state index in [-0.39, 0.29) is 18.4 Å². The van der Waals surface area contributed by atoms with Crippen molar-refractivity contribution in [2.45, 2.75) is 51.0 Å². The van der Waals surface area contributed by atoms with Crippen LogP contribution in [0.4, 0.5) is 4.79 Å². The second-order valence-electron chi connectivity index (χ2n) is 8.31. The highest BCUT2D eigenvalue weighted by atomic mass is 16.4. The first-order chi connectivity index (χ1) is 16.5. The first-order valence-electron chi connectivity index (χ1n) is 11.9. The molecule has 1 atom stereocenters. The topological polar surface area (TPSA) is 134 Å². The van der Waals surface area contributed by atoms with Crippen molar-refractivity contribution in [3.8, 4) is 0 Å². The van der Waals surface area contributed by atoms with Crippen molar-refractivity contribution < 1.29 is 14.7 Å². The molecule has 0 radical (unpaired) electrons. The number of nitrogens with one attached hydrogen (secondary N) is 1. The number of aliphatic imine (C=N–C) groups is 1. The van der Waals surface area contributed by atoms with Gasteiger partial charge in [-0.05, 0) is 56.1 Å². The maximum Gasteiger partial charge on any atom is 0.326 e. The zero-order valence-corrected chi connectivity index (χ0v) is 19.7. The number of urea groups is 1. The summed E-state index contributed by atoms with van der Waals surface area (Å²) in [6, 6.07) is 19.1. The summed E-state index contributed by atoms with van der Waals surface area (Å²) in [7, 11) is 0. The van der Waals surface area contributed by atoms with E-state index in [1.807, 2.05) is 36.4 Å². The minimum absolute atomic E-state index is 0.0315. The summed E-state index contributed by atoms with van der Waals surface area (Å²) in [6.07, 6.45) is 5.11. The normalized spacial score (nSPS) is 11.4. The van der Waals surface area contributed by atoms with Crippen LogP contribution in [0.5, 0.6) is 0 Å².